The van der Waals surface area contributed by atoms with Gasteiger partial charge in [-0.15, -0.1) is 0 Å². The van der Waals surface area contributed by atoms with Gasteiger partial charge < -0.3 is 39.9 Å². The Balaban J connectivity index is 0.827. The van der Waals surface area contributed by atoms with Crippen LogP contribution in [0.2, 0.25) is 0 Å². The molecule has 64 heavy (non-hydrogen) atoms. The van der Waals surface area contributed by atoms with Gasteiger partial charge in [-0.05, 0) is 117 Å². The normalized spacial score (nSPS) is 28.0. The number of methoxy groups -OCH3 is 2. The molecular formula is C50H54N8O6. The van der Waals surface area contributed by atoms with Gasteiger partial charge in [-0.25, -0.2) is 19.6 Å². The molecule has 3 saturated carbocycles. The molecular weight excluding hydrogens is 809 g/mol. The van der Waals surface area contributed by atoms with E-state index in [1.807, 2.05) is 49.6 Å². The molecule has 5 heterocycles. The van der Waals surface area contributed by atoms with Crippen molar-refractivity contribution in [1.82, 2.24) is 40.4 Å². The summed E-state index contributed by atoms with van der Waals surface area (Å²) in [4.78, 5) is 73.7. The number of piperidine rings is 2. The van der Waals surface area contributed by atoms with Crippen LogP contribution in [0.15, 0.2) is 72.8 Å². The van der Waals surface area contributed by atoms with E-state index >= 15 is 0 Å². The number of likely N-dealkylation sites (tertiary alicyclic amines) is 1. The number of imidazole rings is 2. The number of alkyl carbamates (subject to hydrolysis) is 2. The van der Waals surface area contributed by atoms with Crippen LogP contribution >= 0.6 is 0 Å². The third-order valence-corrected chi connectivity index (χ3v) is 15.6. The minimum Gasteiger partial charge on any atom is -0.453 e. The zero-order valence-corrected chi connectivity index (χ0v) is 37.3. The smallest absolute Gasteiger partial charge is 0.407 e. The SMILES string of the molecule is COC(=O)N[C@H](C(=O)N1C2[C@H]3C([C@H]1c1nc4ccc(-c5ccc6cc(-c7ccc8nc([C@@H]9C[C@H]%10[C@@H](C)[C@H]%10N9C(=O)[C@@H](NC(=O)OC)C(C)C)[nH]c8c7)ccc6c5)cc4[nH]1)[C@@]23C)C(C)C. The first-order valence-corrected chi connectivity index (χ1v) is 22.6. The summed E-state index contributed by atoms with van der Waals surface area (Å²) in [6.45, 7) is 12.2. The summed E-state index contributed by atoms with van der Waals surface area (Å²) < 4.78 is 9.70. The molecule has 6 fully saturated rings. The van der Waals surface area contributed by atoms with Crippen LogP contribution < -0.4 is 10.6 Å². The maximum absolute atomic E-state index is 14.1. The molecule has 4 N–H and O–H groups in total. The van der Waals surface area contributed by atoms with Crippen LogP contribution in [-0.4, -0.2) is 92.1 Å². The number of benzene rings is 4. The largest absolute Gasteiger partial charge is 0.453 e. The Bertz CT molecular complexity index is 2940. The molecule has 3 aliphatic carbocycles. The van der Waals surface area contributed by atoms with Crippen LogP contribution in [0.5, 0.6) is 0 Å². The van der Waals surface area contributed by atoms with Crippen LogP contribution in [0.25, 0.3) is 55.1 Å². The van der Waals surface area contributed by atoms with Gasteiger partial charge in [-0.1, -0.05) is 77.9 Å². The highest BCUT2D eigenvalue weighted by Gasteiger charge is 2.94. The maximum Gasteiger partial charge on any atom is 0.407 e. The van der Waals surface area contributed by atoms with Crippen molar-refractivity contribution in [2.45, 2.75) is 84.2 Å². The topological polar surface area (TPSA) is 175 Å². The molecule has 11 atom stereocenters. The lowest BCUT2D eigenvalue weighted by atomic mass is 9.97. The van der Waals surface area contributed by atoms with Crippen molar-refractivity contribution in [2.75, 3.05) is 14.2 Å². The van der Waals surface area contributed by atoms with E-state index in [2.05, 4.69) is 95.1 Å². The fourth-order valence-corrected chi connectivity index (χ4v) is 11.9. The molecule has 2 bridgehead atoms. The Morgan fingerprint density at radius 3 is 1.67 bits per heavy atom. The van der Waals surface area contributed by atoms with E-state index < -0.39 is 24.3 Å². The first-order chi connectivity index (χ1) is 30.7. The number of carbonyl (C=O) groups is 4. The van der Waals surface area contributed by atoms with Crippen molar-refractivity contribution < 1.29 is 28.7 Å². The zero-order chi connectivity index (χ0) is 44.7. The van der Waals surface area contributed by atoms with Gasteiger partial charge in [-0.2, -0.15) is 0 Å². The minimum absolute atomic E-state index is 0.0831. The number of hydrogen-bond donors (Lipinski definition) is 4. The average molecular weight is 863 g/mol. The molecule has 6 aliphatic rings. The van der Waals surface area contributed by atoms with Gasteiger partial charge in [0.1, 0.15) is 23.7 Å². The lowest BCUT2D eigenvalue weighted by Crippen LogP contribution is -2.52. The van der Waals surface area contributed by atoms with E-state index in [0.29, 0.717) is 23.7 Å². The quantitative estimate of drug-likeness (QED) is 0.107. The zero-order valence-electron chi connectivity index (χ0n) is 37.3. The molecule has 3 aliphatic heterocycles. The van der Waals surface area contributed by atoms with Crippen LogP contribution in [0.3, 0.4) is 0 Å². The molecule has 12 rings (SSSR count). The number of ether oxygens (including phenoxy) is 2. The summed E-state index contributed by atoms with van der Waals surface area (Å²) in [5.41, 5.74) is 7.92. The summed E-state index contributed by atoms with van der Waals surface area (Å²) >= 11 is 0. The van der Waals surface area contributed by atoms with E-state index in [1.165, 1.54) is 14.2 Å². The molecule has 2 unspecified atom stereocenters. The van der Waals surface area contributed by atoms with Gasteiger partial charge >= 0.3 is 12.2 Å². The summed E-state index contributed by atoms with van der Waals surface area (Å²) in [5, 5.41) is 7.78. The predicted octanol–water partition coefficient (Wildman–Crippen LogP) is 8.11. The van der Waals surface area contributed by atoms with Crippen molar-refractivity contribution in [3.05, 3.63) is 84.4 Å². The number of rotatable bonds is 10. The lowest BCUT2D eigenvalue weighted by Gasteiger charge is -2.32. The number of carbonyl (C=O) groups excluding carboxylic acids is 4. The fraction of sp³-hybridized carbons (Fsp3) is 0.440. The van der Waals surface area contributed by atoms with Crippen LogP contribution in [0.4, 0.5) is 9.59 Å². The van der Waals surface area contributed by atoms with Crippen LogP contribution in [0, 0.1) is 40.9 Å². The fourth-order valence-electron chi connectivity index (χ4n) is 11.9. The number of fused-ring (bicyclic) bond motifs is 5. The molecule has 4 aromatic carbocycles. The van der Waals surface area contributed by atoms with Crippen molar-refractivity contribution in [3.8, 4) is 22.3 Å². The standard InChI is InChI=1S/C50H54N8O6/c1-22(2)39(55-48(61)63-7)46(59)57-36(21-31-24(5)41(31)57)44-51-32-15-13-29(19-34(32)53-44)27-11-9-26-18-28(12-10-25(26)17-27)30-14-16-33-35(20-30)54-45(52-33)42-37-38-43(50(37,38)6)58(42)47(60)40(23(3)4)56-49(62)64-8/h9-20,22-24,31,36-43H,21H2,1-8H3,(H,51,53)(H,52,54)(H,55,61)(H,56,62)/t24-,31+,36+,37?,38-,39+,40+,41-,42+,43?,50-/m1/s1. The number of nitrogens with zero attached hydrogens (tertiary/aromatic N) is 4. The van der Waals surface area contributed by atoms with Gasteiger partial charge in [0.05, 0.1) is 48.4 Å². The molecule has 3 saturated heterocycles. The molecule has 14 nitrogen and oxygen atoms in total. The van der Waals surface area contributed by atoms with E-state index in [9.17, 15) is 19.2 Å². The molecule has 0 spiro atoms. The third kappa shape index (κ3) is 6.03. The first-order valence-electron chi connectivity index (χ1n) is 22.6. The van der Waals surface area contributed by atoms with E-state index in [4.69, 9.17) is 19.4 Å². The number of amides is 4. The van der Waals surface area contributed by atoms with Crippen molar-refractivity contribution in [1.29, 1.82) is 0 Å². The molecule has 4 amide bonds. The summed E-state index contributed by atoms with van der Waals surface area (Å²) in [5.74, 6) is 2.81. The second kappa shape index (κ2) is 14.3. The van der Waals surface area contributed by atoms with Crippen molar-refractivity contribution in [3.63, 3.8) is 0 Å². The number of aromatic nitrogens is 4. The Morgan fingerprint density at radius 1 is 0.688 bits per heavy atom. The third-order valence-electron chi connectivity index (χ3n) is 15.6. The van der Waals surface area contributed by atoms with Gasteiger partial charge in [-0.3, -0.25) is 9.59 Å². The number of H-pyrrole nitrogens is 2. The highest BCUT2D eigenvalue weighted by Crippen LogP contribution is 2.90. The maximum atomic E-state index is 14.1. The Labute approximate surface area is 370 Å². The Kier molecular flexibility index (Phi) is 9.00. The van der Waals surface area contributed by atoms with Crippen LogP contribution in [-0.2, 0) is 19.1 Å². The Hall–Kier alpha value is -6.44. The predicted molar refractivity (Wildman–Crippen MR) is 242 cm³/mol. The van der Waals surface area contributed by atoms with Crippen LogP contribution in [0.1, 0.15) is 71.7 Å². The molecule has 330 valence electrons. The molecule has 0 radical (unpaired) electrons. The highest BCUT2D eigenvalue weighted by atomic mass is 16.5. The van der Waals surface area contributed by atoms with Gasteiger partial charge in [0, 0.05) is 12.1 Å². The van der Waals surface area contributed by atoms with Crippen molar-refractivity contribution >= 4 is 56.8 Å². The number of hydrogen-bond acceptors (Lipinski definition) is 8. The summed E-state index contributed by atoms with van der Waals surface area (Å²) in [6, 6.07) is 24.1. The Morgan fingerprint density at radius 2 is 1.16 bits per heavy atom. The summed E-state index contributed by atoms with van der Waals surface area (Å²) in [7, 11) is 2.62. The highest BCUT2D eigenvalue weighted by molar-refractivity contribution is 5.94. The van der Waals surface area contributed by atoms with E-state index in [1.54, 1.807) is 0 Å². The lowest BCUT2D eigenvalue weighted by molar-refractivity contribution is -0.137. The number of aromatic amines is 2. The second-order valence-electron chi connectivity index (χ2n) is 19.8. The van der Waals surface area contributed by atoms with Gasteiger partial charge in [0.2, 0.25) is 11.8 Å². The molecule has 2 aromatic heterocycles. The average Bonchev–Trinajstić information content (AvgIpc) is 3.86. The molecule has 14 heteroatoms. The first kappa shape index (κ1) is 40.3. The number of nitrogens with one attached hydrogen (secondary N) is 4. The molecule has 6 aromatic rings. The van der Waals surface area contributed by atoms with Crippen molar-refractivity contribution in [2.24, 2.45) is 40.9 Å². The van der Waals surface area contributed by atoms with Gasteiger partial charge in [0.25, 0.3) is 0 Å². The van der Waals surface area contributed by atoms with E-state index in [0.717, 1.165) is 73.2 Å². The monoisotopic (exact) mass is 862 g/mol. The summed E-state index contributed by atoms with van der Waals surface area (Å²) in [6.07, 6.45) is -0.389. The van der Waals surface area contributed by atoms with E-state index in [-0.39, 0.29) is 53.2 Å². The van der Waals surface area contributed by atoms with Gasteiger partial charge in [0.15, 0.2) is 0 Å². The second-order valence-corrected chi connectivity index (χ2v) is 19.8. The minimum atomic E-state index is -0.693.